The summed E-state index contributed by atoms with van der Waals surface area (Å²) < 4.78 is 0. The van der Waals surface area contributed by atoms with Gasteiger partial charge in [-0.15, -0.1) is 0 Å². The molecule has 0 saturated carbocycles. The maximum Gasteiger partial charge on any atom is 1.00 e. The molecular weight excluding hydrogens is 123 g/mol. The average molecular weight is 138 g/mol. The monoisotopic (exact) mass is 138 g/mol. The Morgan fingerprint density at radius 1 is 1.50 bits per heavy atom. The molecule has 0 saturated heterocycles. The van der Waals surface area contributed by atoms with E-state index in [0.29, 0.717) is 5.92 Å². The molecule has 0 spiro atoms. The van der Waals surface area contributed by atoms with Gasteiger partial charge < -0.3 is 6.92 Å². The third kappa shape index (κ3) is 10.6. The van der Waals surface area contributed by atoms with Crippen LogP contribution in [0.1, 0.15) is 33.1 Å². The smallest absolute Gasteiger partial charge is 0.341 e. The Hall–Kier alpha value is 1.64. The first-order valence-corrected chi connectivity index (χ1v) is 3.10. The van der Waals surface area contributed by atoms with E-state index in [-0.39, 0.29) is 51.4 Å². The summed E-state index contributed by atoms with van der Waals surface area (Å²) in [6.07, 6.45) is 3.93. The van der Waals surface area contributed by atoms with Crippen molar-refractivity contribution in [3.8, 4) is 0 Å². The maximum absolute atomic E-state index is 3.88. The van der Waals surface area contributed by atoms with E-state index >= 15 is 0 Å². The van der Waals surface area contributed by atoms with E-state index in [1.54, 1.807) is 0 Å². The molecule has 0 aliphatic rings. The molecule has 0 bridgehead atoms. The first kappa shape index (κ1) is 12.3. The van der Waals surface area contributed by atoms with Crippen molar-refractivity contribution < 1.29 is 51.4 Å². The van der Waals surface area contributed by atoms with Crippen LogP contribution in [0.2, 0.25) is 0 Å². The quantitative estimate of drug-likeness (QED) is 0.369. The SMILES string of the molecule is [CH2-]C(C)CCCC.[K+]. The molecule has 0 aromatic heterocycles. The summed E-state index contributed by atoms with van der Waals surface area (Å²) >= 11 is 0. The fraction of sp³-hybridized carbons (Fsp3) is 0.857. The normalized spacial score (nSPS) is 12.4. The van der Waals surface area contributed by atoms with E-state index in [4.69, 9.17) is 0 Å². The van der Waals surface area contributed by atoms with Crippen molar-refractivity contribution in [2.75, 3.05) is 0 Å². The summed E-state index contributed by atoms with van der Waals surface area (Å²) in [6.45, 7) is 8.25. The third-order valence-electron chi connectivity index (χ3n) is 1.05. The zero-order valence-electron chi connectivity index (χ0n) is 6.41. The van der Waals surface area contributed by atoms with Crippen LogP contribution in [0.5, 0.6) is 0 Å². The van der Waals surface area contributed by atoms with Crippen LogP contribution in [-0.4, -0.2) is 0 Å². The summed E-state index contributed by atoms with van der Waals surface area (Å²) in [4.78, 5) is 0. The van der Waals surface area contributed by atoms with Gasteiger partial charge in [0, 0.05) is 0 Å². The molecule has 0 heterocycles. The van der Waals surface area contributed by atoms with E-state index < -0.39 is 0 Å². The van der Waals surface area contributed by atoms with Gasteiger partial charge in [0.2, 0.25) is 0 Å². The van der Waals surface area contributed by atoms with Crippen LogP contribution in [0.15, 0.2) is 0 Å². The molecule has 1 heteroatoms. The van der Waals surface area contributed by atoms with E-state index in [2.05, 4.69) is 20.8 Å². The van der Waals surface area contributed by atoms with Gasteiger partial charge in [0.25, 0.3) is 0 Å². The van der Waals surface area contributed by atoms with Crippen LogP contribution in [0, 0.1) is 12.8 Å². The molecular formula is C7H15K. The van der Waals surface area contributed by atoms with Gasteiger partial charge in [0.1, 0.15) is 0 Å². The Bertz CT molecular complexity index is 33.4. The van der Waals surface area contributed by atoms with Crippen molar-refractivity contribution in [1.82, 2.24) is 0 Å². The van der Waals surface area contributed by atoms with Gasteiger partial charge in [0.15, 0.2) is 0 Å². The molecule has 0 aromatic carbocycles. The van der Waals surface area contributed by atoms with Gasteiger partial charge in [-0.3, -0.25) is 0 Å². The van der Waals surface area contributed by atoms with Gasteiger partial charge in [-0.2, -0.15) is 5.92 Å². The Labute approximate surface area is 95.9 Å². The third-order valence-corrected chi connectivity index (χ3v) is 1.05. The van der Waals surface area contributed by atoms with Crippen molar-refractivity contribution >= 4 is 0 Å². The van der Waals surface area contributed by atoms with Crippen molar-refractivity contribution in [2.45, 2.75) is 33.1 Å². The second-order valence-corrected chi connectivity index (χ2v) is 2.25. The molecule has 8 heavy (non-hydrogen) atoms. The second-order valence-electron chi connectivity index (χ2n) is 2.25. The summed E-state index contributed by atoms with van der Waals surface area (Å²) in [5.74, 6) is 0.653. The largest absolute Gasteiger partial charge is 1.00 e. The van der Waals surface area contributed by atoms with Crippen molar-refractivity contribution in [2.24, 2.45) is 5.92 Å². The molecule has 0 aliphatic heterocycles. The van der Waals surface area contributed by atoms with Gasteiger partial charge in [0.05, 0.1) is 0 Å². The number of hydrogen-bond acceptors (Lipinski definition) is 0. The predicted molar refractivity (Wildman–Crippen MR) is 34.0 cm³/mol. The van der Waals surface area contributed by atoms with E-state index in [1.165, 1.54) is 19.3 Å². The summed E-state index contributed by atoms with van der Waals surface area (Å²) in [5.41, 5.74) is 0. The molecule has 0 N–H and O–H groups in total. The second kappa shape index (κ2) is 8.64. The molecule has 1 atom stereocenters. The topological polar surface area (TPSA) is 0 Å². The Morgan fingerprint density at radius 2 is 2.00 bits per heavy atom. The molecule has 0 radical (unpaired) electrons. The predicted octanol–water partition coefficient (Wildman–Crippen LogP) is -0.349. The van der Waals surface area contributed by atoms with Crippen LogP contribution in [-0.2, 0) is 0 Å². The van der Waals surface area contributed by atoms with Crippen LogP contribution in [0.4, 0.5) is 0 Å². The zero-order chi connectivity index (χ0) is 5.70. The van der Waals surface area contributed by atoms with Crippen LogP contribution < -0.4 is 51.4 Å². The van der Waals surface area contributed by atoms with Crippen LogP contribution in [0.25, 0.3) is 0 Å². The first-order valence-electron chi connectivity index (χ1n) is 3.10. The summed E-state index contributed by atoms with van der Waals surface area (Å²) in [6, 6.07) is 0. The number of rotatable bonds is 3. The minimum atomic E-state index is 0. The standard InChI is InChI=1S/C7H15.K/c1-4-5-6-7(2)3;/h7H,2,4-6H2,1,3H3;/q-1;+1. The van der Waals surface area contributed by atoms with E-state index in [1.807, 2.05) is 0 Å². The van der Waals surface area contributed by atoms with Gasteiger partial charge in [-0.25, -0.2) is 0 Å². The fourth-order valence-corrected chi connectivity index (χ4v) is 0.553. The van der Waals surface area contributed by atoms with Gasteiger partial charge >= 0.3 is 51.4 Å². The minimum Gasteiger partial charge on any atom is -0.341 e. The van der Waals surface area contributed by atoms with Gasteiger partial charge in [-0.05, 0) is 0 Å². The Kier molecular flexibility index (Phi) is 13.3. The average Bonchev–Trinajstić information content (AvgIpc) is 1.61. The van der Waals surface area contributed by atoms with Crippen molar-refractivity contribution in [3.05, 3.63) is 6.92 Å². The molecule has 1 unspecified atom stereocenters. The maximum atomic E-state index is 3.88. The Balaban J connectivity index is 0. The van der Waals surface area contributed by atoms with Crippen molar-refractivity contribution in [1.29, 1.82) is 0 Å². The first-order chi connectivity index (χ1) is 3.27. The van der Waals surface area contributed by atoms with Crippen LogP contribution in [0.3, 0.4) is 0 Å². The Morgan fingerprint density at radius 3 is 2.12 bits per heavy atom. The summed E-state index contributed by atoms with van der Waals surface area (Å²) in [7, 11) is 0. The zero-order valence-corrected chi connectivity index (χ0v) is 9.53. The molecule has 0 rings (SSSR count). The molecule has 0 fully saturated rings. The van der Waals surface area contributed by atoms with E-state index in [9.17, 15) is 0 Å². The minimum absolute atomic E-state index is 0. The number of hydrogen-bond donors (Lipinski definition) is 0. The molecule has 44 valence electrons. The van der Waals surface area contributed by atoms with Crippen molar-refractivity contribution in [3.63, 3.8) is 0 Å². The molecule has 0 nitrogen and oxygen atoms in total. The fourth-order valence-electron chi connectivity index (χ4n) is 0.553. The molecule has 0 aromatic rings. The van der Waals surface area contributed by atoms with E-state index in [0.717, 1.165) is 0 Å². The molecule has 0 amide bonds. The summed E-state index contributed by atoms with van der Waals surface area (Å²) in [5, 5.41) is 0. The molecule has 0 aliphatic carbocycles. The number of unbranched alkanes of at least 4 members (excludes halogenated alkanes) is 1. The van der Waals surface area contributed by atoms with Gasteiger partial charge in [-0.1, -0.05) is 33.1 Å². The van der Waals surface area contributed by atoms with Crippen LogP contribution >= 0.6 is 0 Å².